The average Bonchev–Trinajstić information content (AvgIpc) is 2.44. The molecule has 5 heteroatoms. The molecule has 1 heterocycles. The van der Waals surface area contributed by atoms with Gasteiger partial charge in [-0.3, -0.25) is 4.90 Å². The summed E-state index contributed by atoms with van der Waals surface area (Å²) in [5.74, 6) is -0.129. The lowest BCUT2D eigenvalue weighted by atomic mass is 10.00. The van der Waals surface area contributed by atoms with Crippen LogP contribution in [0.3, 0.4) is 0 Å². The number of benzene rings is 1. The molecule has 2 rings (SSSR count). The van der Waals surface area contributed by atoms with Crippen LogP contribution in [-0.2, 0) is 0 Å². The van der Waals surface area contributed by atoms with Gasteiger partial charge in [0.15, 0.2) is 11.5 Å². The van der Waals surface area contributed by atoms with Crippen molar-refractivity contribution in [2.75, 3.05) is 33.3 Å². The zero-order chi connectivity index (χ0) is 13.8. The molecule has 0 radical (unpaired) electrons. The maximum atomic E-state index is 13.6. The summed E-state index contributed by atoms with van der Waals surface area (Å²) in [5.41, 5.74) is 0.612. The van der Waals surface area contributed by atoms with Gasteiger partial charge in [0.2, 0.25) is 0 Å². The van der Waals surface area contributed by atoms with Crippen molar-refractivity contribution in [1.29, 1.82) is 0 Å². The van der Waals surface area contributed by atoms with E-state index >= 15 is 0 Å². The van der Waals surface area contributed by atoms with E-state index in [1.54, 1.807) is 0 Å². The van der Waals surface area contributed by atoms with E-state index in [1.165, 1.54) is 19.2 Å². The molecule has 4 nitrogen and oxygen atoms in total. The van der Waals surface area contributed by atoms with Gasteiger partial charge in [-0.25, -0.2) is 4.39 Å². The van der Waals surface area contributed by atoms with Crippen LogP contribution in [0.5, 0.6) is 11.5 Å². The molecular weight excluding hydrogens is 247 g/mol. The second kappa shape index (κ2) is 6.21. The third-order valence-corrected chi connectivity index (χ3v) is 3.63. The highest BCUT2D eigenvalue weighted by atomic mass is 19.1. The number of aromatic hydroxyl groups is 1. The molecule has 1 aromatic rings. The number of nitrogens with one attached hydrogen (secondary N) is 1. The van der Waals surface area contributed by atoms with Crippen molar-refractivity contribution in [3.8, 4) is 11.5 Å². The monoisotopic (exact) mass is 268 g/mol. The van der Waals surface area contributed by atoms with Crippen LogP contribution < -0.4 is 10.1 Å². The standard InChI is InChI=1S/C14H21FN2O2/c1-3-12(17-6-4-16-5-7-17)11-8-10(15)9-13(19-2)14(11)18/h8-9,12,16,18H,3-7H2,1-2H3/t12-/m0/s1. The first-order valence-electron chi connectivity index (χ1n) is 6.68. The second-order valence-corrected chi connectivity index (χ2v) is 4.76. The van der Waals surface area contributed by atoms with Gasteiger partial charge in [-0.2, -0.15) is 0 Å². The Hall–Kier alpha value is -1.33. The molecule has 106 valence electrons. The third-order valence-electron chi connectivity index (χ3n) is 3.63. The molecular formula is C14H21FN2O2. The minimum atomic E-state index is -0.377. The fourth-order valence-electron chi connectivity index (χ4n) is 2.67. The molecule has 0 amide bonds. The number of halogens is 1. The Kier molecular flexibility index (Phi) is 4.61. The molecule has 1 atom stereocenters. The lowest BCUT2D eigenvalue weighted by Crippen LogP contribution is -2.45. The van der Waals surface area contributed by atoms with Gasteiger partial charge in [0.05, 0.1) is 7.11 Å². The number of nitrogens with zero attached hydrogens (tertiary/aromatic N) is 1. The van der Waals surface area contributed by atoms with Gasteiger partial charge in [-0.05, 0) is 12.5 Å². The Balaban J connectivity index is 2.34. The predicted molar refractivity (Wildman–Crippen MR) is 72.1 cm³/mol. The quantitative estimate of drug-likeness (QED) is 0.875. The van der Waals surface area contributed by atoms with Gasteiger partial charge >= 0.3 is 0 Å². The molecule has 0 bridgehead atoms. The number of hydrogen-bond acceptors (Lipinski definition) is 4. The van der Waals surface area contributed by atoms with Gasteiger partial charge in [0, 0.05) is 43.9 Å². The highest BCUT2D eigenvalue weighted by Gasteiger charge is 2.25. The van der Waals surface area contributed by atoms with E-state index < -0.39 is 0 Å². The first-order chi connectivity index (χ1) is 9.17. The predicted octanol–water partition coefficient (Wildman–Crippen LogP) is 1.90. The molecule has 1 saturated heterocycles. The summed E-state index contributed by atoms with van der Waals surface area (Å²) in [4.78, 5) is 2.27. The van der Waals surface area contributed by atoms with E-state index in [0.29, 0.717) is 5.56 Å². The van der Waals surface area contributed by atoms with Crippen molar-refractivity contribution >= 4 is 0 Å². The molecule has 0 aliphatic carbocycles. The molecule has 19 heavy (non-hydrogen) atoms. The minimum Gasteiger partial charge on any atom is -0.504 e. The van der Waals surface area contributed by atoms with E-state index in [2.05, 4.69) is 10.2 Å². The van der Waals surface area contributed by atoms with Gasteiger partial charge in [-0.15, -0.1) is 0 Å². The van der Waals surface area contributed by atoms with Crippen LogP contribution in [0.1, 0.15) is 24.9 Å². The largest absolute Gasteiger partial charge is 0.504 e. The number of piperazine rings is 1. The summed E-state index contributed by atoms with van der Waals surface area (Å²) in [6, 6.07) is 2.64. The van der Waals surface area contributed by atoms with Crippen LogP contribution in [0, 0.1) is 5.82 Å². The number of ether oxygens (including phenoxy) is 1. The van der Waals surface area contributed by atoms with Crippen LogP contribution in [0.2, 0.25) is 0 Å². The van der Waals surface area contributed by atoms with Crippen LogP contribution in [-0.4, -0.2) is 43.3 Å². The summed E-state index contributed by atoms with van der Waals surface area (Å²) in [7, 11) is 1.43. The molecule has 0 spiro atoms. The van der Waals surface area contributed by atoms with Crippen molar-refractivity contribution in [3.63, 3.8) is 0 Å². The fraction of sp³-hybridized carbons (Fsp3) is 0.571. The topological polar surface area (TPSA) is 44.7 Å². The fourth-order valence-corrected chi connectivity index (χ4v) is 2.67. The molecule has 0 saturated carbocycles. The Morgan fingerprint density at radius 1 is 1.42 bits per heavy atom. The SMILES string of the molecule is CC[C@@H](c1cc(F)cc(OC)c1O)N1CCNCC1. The average molecular weight is 268 g/mol. The van der Waals surface area contributed by atoms with Gasteiger partial charge in [-0.1, -0.05) is 6.92 Å². The number of phenolic OH excluding ortho intramolecular Hbond substituents is 1. The molecule has 0 aromatic heterocycles. The first-order valence-corrected chi connectivity index (χ1v) is 6.68. The summed E-state index contributed by atoms with van der Waals surface area (Å²) < 4.78 is 18.7. The van der Waals surface area contributed by atoms with Crippen LogP contribution in [0.4, 0.5) is 4.39 Å². The summed E-state index contributed by atoms with van der Waals surface area (Å²) in [6.07, 6.45) is 0.820. The normalized spacial score (nSPS) is 18.3. The number of rotatable bonds is 4. The maximum absolute atomic E-state index is 13.6. The van der Waals surface area contributed by atoms with Crippen molar-refractivity contribution < 1.29 is 14.2 Å². The molecule has 2 N–H and O–H groups in total. The summed E-state index contributed by atoms with van der Waals surface area (Å²) in [6.45, 7) is 5.69. The molecule has 1 aliphatic rings. The van der Waals surface area contributed by atoms with E-state index in [9.17, 15) is 9.50 Å². The van der Waals surface area contributed by atoms with Gasteiger partial charge in [0.25, 0.3) is 0 Å². The maximum Gasteiger partial charge on any atom is 0.163 e. The Bertz CT molecular complexity index is 434. The highest BCUT2D eigenvalue weighted by Crippen LogP contribution is 2.38. The van der Waals surface area contributed by atoms with E-state index in [-0.39, 0.29) is 23.4 Å². The summed E-state index contributed by atoms with van der Waals surface area (Å²) >= 11 is 0. The number of phenols is 1. The lowest BCUT2D eigenvalue weighted by molar-refractivity contribution is 0.166. The number of methoxy groups -OCH3 is 1. The Morgan fingerprint density at radius 3 is 2.68 bits per heavy atom. The second-order valence-electron chi connectivity index (χ2n) is 4.76. The smallest absolute Gasteiger partial charge is 0.163 e. The Labute approximate surface area is 113 Å². The Morgan fingerprint density at radius 2 is 2.11 bits per heavy atom. The minimum absolute atomic E-state index is 0.0201. The van der Waals surface area contributed by atoms with Crippen LogP contribution in [0.25, 0.3) is 0 Å². The number of hydrogen-bond donors (Lipinski definition) is 2. The lowest BCUT2D eigenvalue weighted by Gasteiger charge is -2.35. The molecule has 1 aromatic carbocycles. The highest BCUT2D eigenvalue weighted by molar-refractivity contribution is 5.47. The molecule has 1 aliphatic heterocycles. The van der Waals surface area contributed by atoms with E-state index in [0.717, 1.165) is 32.6 Å². The van der Waals surface area contributed by atoms with E-state index in [1.807, 2.05) is 6.92 Å². The zero-order valence-corrected chi connectivity index (χ0v) is 11.4. The summed E-state index contributed by atoms with van der Waals surface area (Å²) in [5, 5.41) is 13.5. The van der Waals surface area contributed by atoms with Gasteiger partial charge in [0.1, 0.15) is 5.82 Å². The first kappa shape index (κ1) is 14.1. The molecule has 0 unspecified atom stereocenters. The van der Waals surface area contributed by atoms with Crippen molar-refractivity contribution in [3.05, 3.63) is 23.5 Å². The van der Waals surface area contributed by atoms with Crippen molar-refractivity contribution in [1.82, 2.24) is 10.2 Å². The van der Waals surface area contributed by atoms with Crippen molar-refractivity contribution in [2.24, 2.45) is 0 Å². The van der Waals surface area contributed by atoms with Crippen molar-refractivity contribution in [2.45, 2.75) is 19.4 Å². The molecule has 1 fully saturated rings. The van der Waals surface area contributed by atoms with Crippen LogP contribution >= 0.6 is 0 Å². The van der Waals surface area contributed by atoms with Crippen LogP contribution in [0.15, 0.2) is 12.1 Å². The third kappa shape index (κ3) is 2.98. The zero-order valence-electron chi connectivity index (χ0n) is 11.4. The van der Waals surface area contributed by atoms with E-state index in [4.69, 9.17) is 4.74 Å². The van der Waals surface area contributed by atoms with Gasteiger partial charge < -0.3 is 15.2 Å².